The van der Waals surface area contributed by atoms with Gasteiger partial charge >= 0.3 is 0 Å². The average Bonchev–Trinajstić information content (AvgIpc) is 3.47. The van der Waals surface area contributed by atoms with E-state index in [-0.39, 0.29) is 0 Å². The molecule has 1 nitrogen and oxygen atoms in total. The first-order valence-electron chi connectivity index (χ1n) is 16.7. The molecular formula is C45H35NS. The molecule has 0 bridgehead atoms. The topological polar surface area (TPSA) is 4.93 Å². The van der Waals surface area contributed by atoms with E-state index in [1.165, 1.54) is 81.4 Å². The summed E-state index contributed by atoms with van der Waals surface area (Å²) in [6.07, 6.45) is 1.08. The molecule has 0 N–H and O–H groups in total. The van der Waals surface area contributed by atoms with E-state index in [0.717, 1.165) is 6.42 Å². The highest BCUT2D eigenvalue weighted by Gasteiger charge is 2.28. The van der Waals surface area contributed by atoms with E-state index >= 15 is 0 Å². The molecule has 7 aromatic carbocycles. The Labute approximate surface area is 280 Å². The molecule has 8 aromatic rings. The van der Waals surface area contributed by atoms with Gasteiger partial charge in [0.05, 0.1) is 11.0 Å². The van der Waals surface area contributed by atoms with Gasteiger partial charge in [-0.2, -0.15) is 0 Å². The van der Waals surface area contributed by atoms with E-state index in [4.69, 9.17) is 0 Å². The second-order valence-corrected chi connectivity index (χ2v) is 13.9. The third-order valence-corrected chi connectivity index (χ3v) is 11.4. The van der Waals surface area contributed by atoms with Crippen molar-refractivity contribution in [2.45, 2.75) is 41.9 Å². The molecule has 0 radical (unpaired) electrons. The van der Waals surface area contributed by atoms with Crippen LogP contribution in [0.3, 0.4) is 0 Å². The molecule has 0 saturated carbocycles. The van der Waals surface area contributed by atoms with Crippen molar-refractivity contribution in [1.82, 2.24) is 4.57 Å². The van der Waals surface area contributed by atoms with Crippen molar-refractivity contribution in [2.24, 2.45) is 0 Å². The van der Waals surface area contributed by atoms with E-state index in [1.807, 2.05) is 11.8 Å². The quantitative estimate of drug-likeness (QED) is 0.185. The lowest BCUT2D eigenvalue weighted by molar-refractivity contribution is 0.777. The van der Waals surface area contributed by atoms with Crippen LogP contribution in [-0.4, -0.2) is 4.57 Å². The number of fused-ring (bicyclic) bond motifs is 7. The summed E-state index contributed by atoms with van der Waals surface area (Å²) in [5, 5.41) is 5.22. The van der Waals surface area contributed by atoms with Gasteiger partial charge < -0.3 is 4.57 Å². The van der Waals surface area contributed by atoms with Crippen LogP contribution in [0.25, 0.3) is 49.4 Å². The standard InChI is InChI=1S/C45H35NS/c1-3-37(32-11-5-4-6-12-32)33-19-17-30(18-20-33)31-21-23-36(24-22-31)46-42-16-10-9-15-39(42)40-26-25-38-29(2)41-27-34-13-7-8-14-35(34)28-43(41)47-45(38)44(40)46/h4-29,37H,3H2,1-2H3. The Morgan fingerprint density at radius 3 is 1.98 bits per heavy atom. The third-order valence-electron chi connectivity index (χ3n) is 10.2. The number of hydrogen-bond acceptors (Lipinski definition) is 1. The van der Waals surface area contributed by atoms with Crippen molar-refractivity contribution in [3.05, 3.63) is 174 Å². The number of aromatic nitrogens is 1. The highest BCUT2D eigenvalue weighted by molar-refractivity contribution is 7.99. The number of hydrogen-bond donors (Lipinski definition) is 0. The summed E-state index contributed by atoms with van der Waals surface area (Å²) in [5.41, 5.74) is 11.8. The SMILES string of the molecule is CCC(c1ccccc1)c1ccc(-c2ccc(-n3c4ccccc4c4ccc5c(c43)Sc3cc4ccccc4cc3C5C)cc2)cc1. The van der Waals surface area contributed by atoms with Crippen molar-refractivity contribution in [1.29, 1.82) is 0 Å². The molecule has 226 valence electrons. The molecule has 1 aliphatic rings. The van der Waals surface area contributed by atoms with Gasteiger partial charge in [-0.3, -0.25) is 0 Å². The lowest BCUT2D eigenvalue weighted by atomic mass is 9.88. The van der Waals surface area contributed by atoms with Crippen LogP contribution in [0.1, 0.15) is 54.4 Å². The van der Waals surface area contributed by atoms with Crippen molar-refractivity contribution in [3.8, 4) is 16.8 Å². The maximum absolute atomic E-state index is 2.49. The normalized spacial score (nSPS) is 14.7. The van der Waals surface area contributed by atoms with Gasteiger partial charge in [0, 0.05) is 38.1 Å². The fourth-order valence-corrected chi connectivity index (χ4v) is 9.18. The zero-order valence-corrected chi connectivity index (χ0v) is 27.5. The van der Waals surface area contributed by atoms with Gasteiger partial charge in [-0.15, -0.1) is 0 Å². The molecule has 0 aliphatic carbocycles. The second kappa shape index (κ2) is 11.3. The summed E-state index contributed by atoms with van der Waals surface area (Å²) in [4.78, 5) is 2.74. The summed E-state index contributed by atoms with van der Waals surface area (Å²) >= 11 is 1.94. The number of rotatable bonds is 5. The third kappa shape index (κ3) is 4.62. The molecule has 0 saturated heterocycles. The number of benzene rings is 7. The summed E-state index contributed by atoms with van der Waals surface area (Å²) in [7, 11) is 0. The lowest BCUT2D eigenvalue weighted by Crippen LogP contribution is -2.07. The highest BCUT2D eigenvalue weighted by Crippen LogP contribution is 2.51. The fraction of sp³-hybridized carbons (Fsp3) is 0.111. The molecule has 1 aromatic heterocycles. The lowest BCUT2D eigenvalue weighted by Gasteiger charge is -2.27. The maximum Gasteiger partial charge on any atom is 0.0683 e. The van der Waals surface area contributed by atoms with E-state index in [2.05, 4.69) is 170 Å². The molecule has 0 fully saturated rings. The average molecular weight is 622 g/mol. The van der Waals surface area contributed by atoms with E-state index in [1.54, 1.807) is 0 Å². The maximum atomic E-state index is 2.49. The summed E-state index contributed by atoms with van der Waals surface area (Å²) < 4.78 is 2.49. The van der Waals surface area contributed by atoms with Crippen molar-refractivity contribution >= 4 is 44.3 Å². The summed E-state index contributed by atoms with van der Waals surface area (Å²) in [6.45, 7) is 4.64. The van der Waals surface area contributed by atoms with Gasteiger partial charge in [-0.25, -0.2) is 0 Å². The Balaban J connectivity index is 1.13. The molecule has 2 heteroatoms. The van der Waals surface area contributed by atoms with Gasteiger partial charge in [-0.05, 0) is 80.9 Å². The predicted molar refractivity (Wildman–Crippen MR) is 200 cm³/mol. The van der Waals surface area contributed by atoms with E-state index in [9.17, 15) is 0 Å². The molecule has 0 spiro atoms. The van der Waals surface area contributed by atoms with Crippen LogP contribution in [0, 0.1) is 0 Å². The first-order chi connectivity index (χ1) is 23.2. The Hall–Kier alpha value is -5.05. The molecule has 0 amide bonds. The molecule has 2 atom stereocenters. The summed E-state index contributed by atoms with van der Waals surface area (Å²) in [6, 6.07) is 56.3. The van der Waals surface area contributed by atoms with Crippen LogP contribution in [0.2, 0.25) is 0 Å². The smallest absolute Gasteiger partial charge is 0.0683 e. The number of nitrogens with zero attached hydrogens (tertiary/aromatic N) is 1. The van der Waals surface area contributed by atoms with E-state index < -0.39 is 0 Å². The predicted octanol–water partition coefficient (Wildman–Crippen LogP) is 12.8. The zero-order chi connectivity index (χ0) is 31.5. The molecule has 2 unspecified atom stereocenters. The van der Waals surface area contributed by atoms with Crippen LogP contribution in [0.5, 0.6) is 0 Å². The van der Waals surface area contributed by atoms with Crippen LogP contribution in [0.4, 0.5) is 0 Å². The zero-order valence-electron chi connectivity index (χ0n) is 26.7. The van der Waals surface area contributed by atoms with Gasteiger partial charge in [-0.1, -0.05) is 147 Å². The second-order valence-electron chi connectivity index (χ2n) is 12.8. The van der Waals surface area contributed by atoms with Gasteiger partial charge in [0.1, 0.15) is 0 Å². The van der Waals surface area contributed by atoms with Crippen LogP contribution in [0.15, 0.2) is 161 Å². The Kier molecular flexibility index (Phi) is 6.80. The molecule has 1 aliphatic heterocycles. The first-order valence-corrected chi connectivity index (χ1v) is 17.5. The molecular weight excluding hydrogens is 587 g/mol. The van der Waals surface area contributed by atoms with Crippen molar-refractivity contribution in [2.75, 3.05) is 0 Å². The van der Waals surface area contributed by atoms with Crippen LogP contribution >= 0.6 is 11.8 Å². The first kappa shape index (κ1) is 28.2. The minimum absolute atomic E-state index is 0.321. The Morgan fingerprint density at radius 2 is 1.23 bits per heavy atom. The molecule has 9 rings (SSSR count). The number of para-hydroxylation sites is 1. The van der Waals surface area contributed by atoms with Crippen molar-refractivity contribution < 1.29 is 0 Å². The fourth-order valence-electron chi connectivity index (χ4n) is 7.76. The largest absolute Gasteiger partial charge is 0.308 e. The van der Waals surface area contributed by atoms with Gasteiger partial charge in [0.25, 0.3) is 0 Å². The van der Waals surface area contributed by atoms with Crippen molar-refractivity contribution in [3.63, 3.8) is 0 Å². The van der Waals surface area contributed by atoms with Crippen LogP contribution in [-0.2, 0) is 0 Å². The molecule has 2 heterocycles. The minimum Gasteiger partial charge on any atom is -0.308 e. The van der Waals surface area contributed by atoms with E-state index in [0.29, 0.717) is 11.8 Å². The van der Waals surface area contributed by atoms with Crippen LogP contribution < -0.4 is 0 Å². The minimum atomic E-state index is 0.321. The summed E-state index contributed by atoms with van der Waals surface area (Å²) in [5.74, 6) is 0.737. The Morgan fingerprint density at radius 1 is 0.596 bits per heavy atom. The molecule has 47 heavy (non-hydrogen) atoms. The monoisotopic (exact) mass is 621 g/mol. The van der Waals surface area contributed by atoms with Gasteiger partial charge in [0.2, 0.25) is 0 Å². The highest BCUT2D eigenvalue weighted by atomic mass is 32.2. The Bertz CT molecular complexity index is 2420. The van der Waals surface area contributed by atoms with Gasteiger partial charge in [0.15, 0.2) is 0 Å².